The summed E-state index contributed by atoms with van der Waals surface area (Å²) in [4.78, 5) is 13.2. The maximum absolute atomic E-state index is 12.8. The van der Waals surface area contributed by atoms with Crippen LogP contribution in [0.15, 0.2) is 53.4 Å². The van der Waals surface area contributed by atoms with Crippen molar-refractivity contribution in [1.29, 1.82) is 0 Å². The Balaban J connectivity index is 2.04. The zero-order valence-electron chi connectivity index (χ0n) is 11.4. The standard InChI is InChI=1S/C16H16FNOS/c1-11(12-5-9-15(20-2)10-6-12)18-16(19)13-3-7-14(17)8-4-13/h3-11H,1-2H3,(H,18,19). The number of carbonyl (C=O) groups is 1. The van der Waals surface area contributed by atoms with E-state index in [1.807, 2.05) is 37.4 Å². The predicted molar refractivity (Wildman–Crippen MR) is 80.5 cm³/mol. The molecule has 0 aliphatic carbocycles. The van der Waals surface area contributed by atoms with Crippen LogP contribution in [0.25, 0.3) is 0 Å². The van der Waals surface area contributed by atoms with Crippen LogP contribution in [0.5, 0.6) is 0 Å². The molecule has 0 radical (unpaired) electrons. The van der Waals surface area contributed by atoms with Crippen LogP contribution in [0.2, 0.25) is 0 Å². The topological polar surface area (TPSA) is 29.1 Å². The number of halogens is 1. The lowest BCUT2D eigenvalue weighted by atomic mass is 10.1. The van der Waals surface area contributed by atoms with Gasteiger partial charge in [0, 0.05) is 10.5 Å². The molecule has 1 atom stereocenters. The first-order chi connectivity index (χ1) is 9.60. The predicted octanol–water partition coefficient (Wildman–Crippen LogP) is 4.04. The second kappa shape index (κ2) is 6.57. The van der Waals surface area contributed by atoms with Crippen molar-refractivity contribution >= 4 is 17.7 Å². The summed E-state index contributed by atoms with van der Waals surface area (Å²) in [5.41, 5.74) is 1.50. The van der Waals surface area contributed by atoms with Gasteiger partial charge in [-0.05, 0) is 55.1 Å². The van der Waals surface area contributed by atoms with Gasteiger partial charge in [-0.3, -0.25) is 4.79 Å². The molecule has 104 valence electrons. The van der Waals surface area contributed by atoms with Crippen molar-refractivity contribution in [3.05, 3.63) is 65.5 Å². The molecule has 1 N–H and O–H groups in total. The molecule has 0 aliphatic heterocycles. The molecule has 0 aromatic heterocycles. The van der Waals surface area contributed by atoms with E-state index in [-0.39, 0.29) is 17.8 Å². The molecule has 0 heterocycles. The molecule has 0 aliphatic rings. The van der Waals surface area contributed by atoms with E-state index in [2.05, 4.69) is 5.32 Å². The Morgan fingerprint density at radius 2 is 1.70 bits per heavy atom. The lowest BCUT2D eigenvalue weighted by Gasteiger charge is -2.14. The summed E-state index contributed by atoms with van der Waals surface area (Å²) in [5, 5.41) is 2.90. The van der Waals surface area contributed by atoms with Crippen molar-refractivity contribution in [2.45, 2.75) is 17.9 Å². The highest BCUT2D eigenvalue weighted by Crippen LogP contribution is 2.19. The van der Waals surface area contributed by atoms with E-state index in [1.165, 1.54) is 29.2 Å². The zero-order chi connectivity index (χ0) is 14.5. The van der Waals surface area contributed by atoms with Crippen LogP contribution >= 0.6 is 11.8 Å². The van der Waals surface area contributed by atoms with Gasteiger partial charge in [-0.2, -0.15) is 0 Å². The van der Waals surface area contributed by atoms with Crippen LogP contribution < -0.4 is 5.32 Å². The number of nitrogens with one attached hydrogen (secondary N) is 1. The summed E-state index contributed by atoms with van der Waals surface area (Å²) >= 11 is 1.68. The number of hydrogen-bond donors (Lipinski definition) is 1. The van der Waals surface area contributed by atoms with E-state index in [9.17, 15) is 9.18 Å². The number of carbonyl (C=O) groups excluding carboxylic acids is 1. The summed E-state index contributed by atoms with van der Waals surface area (Å²) < 4.78 is 12.8. The largest absolute Gasteiger partial charge is 0.346 e. The summed E-state index contributed by atoms with van der Waals surface area (Å²) in [6, 6.07) is 13.5. The SMILES string of the molecule is CSc1ccc(C(C)NC(=O)c2ccc(F)cc2)cc1. The fourth-order valence-corrected chi connectivity index (χ4v) is 2.27. The first-order valence-electron chi connectivity index (χ1n) is 6.30. The number of rotatable bonds is 4. The Labute approximate surface area is 122 Å². The van der Waals surface area contributed by atoms with Gasteiger partial charge in [0.2, 0.25) is 0 Å². The second-order valence-electron chi connectivity index (χ2n) is 4.48. The van der Waals surface area contributed by atoms with Gasteiger partial charge in [0.15, 0.2) is 0 Å². The monoisotopic (exact) mass is 289 g/mol. The van der Waals surface area contributed by atoms with Gasteiger partial charge in [0.1, 0.15) is 5.82 Å². The lowest BCUT2D eigenvalue weighted by molar-refractivity contribution is 0.0940. The Morgan fingerprint density at radius 3 is 2.25 bits per heavy atom. The van der Waals surface area contributed by atoms with Crippen molar-refractivity contribution in [3.8, 4) is 0 Å². The molecule has 20 heavy (non-hydrogen) atoms. The molecule has 0 fully saturated rings. The minimum Gasteiger partial charge on any atom is -0.346 e. The van der Waals surface area contributed by atoms with E-state index < -0.39 is 0 Å². The van der Waals surface area contributed by atoms with E-state index in [1.54, 1.807) is 11.8 Å². The molecule has 1 unspecified atom stereocenters. The maximum atomic E-state index is 12.8. The van der Waals surface area contributed by atoms with Crippen LogP contribution in [0.1, 0.15) is 28.9 Å². The molecule has 2 aromatic rings. The highest BCUT2D eigenvalue weighted by molar-refractivity contribution is 7.98. The molecular formula is C16H16FNOS. The molecular weight excluding hydrogens is 273 g/mol. The van der Waals surface area contributed by atoms with Crippen LogP contribution in [-0.2, 0) is 0 Å². The van der Waals surface area contributed by atoms with E-state index >= 15 is 0 Å². The van der Waals surface area contributed by atoms with E-state index in [0.717, 1.165) is 5.56 Å². The third-order valence-electron chi connectivity index (χ3n) is 3.07. The van der Waals surface area contributed by atoms with Gasteiger partial charge in [-0.15, -0.1) is 11.8 Å². The first-order valence-corrected chi connectivity index (χ1v) is 7.53. The molecule has 0 bridgehead atoms. The Kier molecular flexibility index (Phi) is 4.79. The molecule has 0 saturated carbocycles. The van der Waals surface area contributed by atoms with Crippen molar-refractivity contribution in [2.75, 3.05) is 6.26 Å². The molecule has 0 saturated heterocycles. The maximum Gasteiger partial charge on any atom is 0.251 e. The highest BCUT2D eigenvalue weighted by Gasteiger charge is 2.11. The van der Waals surface area contributed by atoms with E-state index in [4.69, 9.17) is 0 Å². The van der Waals surface area contributed by atoms with Gasteiger partial charge in [-0.25, -0.2) is 4.39 Å². The smallest absolute Gasteiger partial charge is 0.251 e. The lowest BCUT2D eigenvalue weighted by Crippen LogP contribution is -2.26. The average molecular weight is 289 g/mol. The van der Waals surface area contributed by atoms with E-state index in [0.29, 0.717) is 5.56 Å². The van der Waals surface area contributed by atoms with Crippen molar-refractivity contribution < 1.29 is 9.18 Å². The second-order valence-corrected chi connectivity index (χ2v) is 5.35. The normalized spacial score (nSPS) is 11.9. The van der Waals surface area contributed by atoms with Crippen molar-refractivity contribution in [3.63, 3.8) is 0 Å². The molecule has 2 nitrogen and oxygen atoms in total. The summed E-state index contributed by atoms with van der Waals surface area (Å²) in [6.07, 6.45) is 2.02. The van der Waals surface area contributed by atoms with Crippen LogP contribution in [-0.4, -0.2) is 12.2 Å². The quantitative estimate of drug-likeness (QED) is 0.861. The van der Waals surface area contributed by atoms with Gasteiger partial charge >= 0.3 is 0 Å². The number of amides is 1. The van der Waals surface area contributed by atoms with Crippen LogP contribution in [0, 0.1) is 5.82 Å². The van der Waals surface area contributed by atoms with Crippen LogP contribution in [0.3, 0.4) is 0 Å². The van der Waals surface area contributed by atoms with Gasteiger partial charge in [0.05, 0.1) is 6.04 Å². The van der Waals surface area contributed by atoms with Crippen molar-refractivity contribution in [1.82, 2.24) is 5.32 Å². The number of hydrogen-bond acceptors (Lipinski definition) is 2. The Morgan fingerprint density at radius 1 is 1.10 bits per heavy atom. The van der Waals surface area contributed by atoms with Gasteiger partial charge in [-0.1, -0.05) is 12.1 Å². The average Bonchev–Trinajstić information content (AvgIpc) is 2.48. The number of benzene rings is 2. The first kappa shape index (κ1) is 14.6. The minimum absolute atomic E-state index is 0.0940. The number of thioether (sulfide) groups is 1. The molecule has 2 aromatic carbocycles. The molecule has 4 heteroatoms. The fourth-order valence-electron chi connectivity index (χ4n) is 1.86. The fraction of sp³-hybridized carbons (Fsp3) is 0.188. The molecule has 1 amide bonds. The molecule has 2 rings (SSSR count). The van der Waals surface area contributed by atoms with Crippen LogP contribution in [0.4, 0.5) is 4.39 Å². The highest BCUT2D eigenvalue weighted by atomic mass is 32.2. The molecule has 0 spiro atoms. The summed E-state index contributed by atoms with van der Waals surface area (Å²) in [6.45, 7) is 1.93. The minimum atomic E-state index is -0.345. The van der Waals surface area contributed by atoms with Crippen molar-refractivity contribution in [2.24, 2.45) is 0 Å². The summed E-state index contributed by atoms with van der Waals surface area (Å²) in [5.74, 6) is -0.548. The summed E-state index contributed by atoms with van der Waals surface area (Å²) in [7, 11) is 0. The third-order valence-corrected chi connectivity index (χ3v) is 3.81. The van der Waals surface area contributed by atoms with Gasteiger partial charge in [0.25, 0.3) is 5.91 Å². The van der Waals surface area contributed by atoms with Gasteiger partial charge < -0.3 is 5.32 Å². The third kappa shape index (κ3) is 3.61. The zero-order valence-corrected chi connectivity index (χ0v) is 12.2. The Bertz CT molecular complexity index is 580. The Hall–Kier alpha value is -1.81.